The van der Waals surface area contributed by atoms with Crippen molar-refractivity contribution in [3.05, 3.63) is 46.6 Å². The maximum atomic E-state index is 12.1. The number of ketones is 1. The maximum absolute atomic E-state index is 12.1. The smallest absolute Gasteiger partial charge is 0.232 e. The minimum atomic E-state index is -0.201. The topological polar surface area (TPSA) is 85.1 Å². The van der Waals surface area contributed by atoms with Crippen LogP contribution in [0.3, 0.4) is 0 Å². The molecule has 1 aromatic carbocycles. The highest BCUT2D eigenvalue weighted by Gasteiger charge is 2.21. The van der Waals surface area contributed by atoms with Crippen LogP contribution in [0.2, 0.25) is 5.02 Å². The molecule has 0 aliphatic rings. The van der Waals surface area contributed by atoms with E-state index in [0.717, 1.165) is 0 Å². The van der Waals surface area contributed by atoms with Crippen LogP contribution < -0.4 is 5.32 Å². The highest BCUT2D eigenvalue weighted by atomic mass is 35.5. The van der Waals surface area contributed by atoms with Crippen LogP contribution in [-0.2, 0) is 16.6 Å². The molecule has 0 atom stereocenters. The van der Waals surface area contributed by atoms with Gasteiger partial charge in [0.15, 0.2) is 11.6 Å². The summed E-state index contributed by atoms with van der Waals surface area (Å²) < 4.78 is 5.19. The molecule has 0 saturated heterocycles. The summed E-state index contributed by atoms with van der Waals surface area (Å²) in [5.41, 5.74) is 0.242. The summed E-state index contributed by atoms with van der Waals surface area (Å²) in [6, 6.07) is 6.82. The van der Waals surface area contributed by atoms with Gasteiger partial charge in [-0.2, -0.15) is 4.98 Å². The quantitative estimate of drug-likeness (QED) is 0.762. The number of amides is 1. The maximum Gasteiger partial charge on any atom is 0.232 e. The number of benzene rings is 1. The Morgan fingerprint density at radius 3 is 2.56 bits per heavy atom. The van der Waals surface area contributed by atoms with Gasteiger partial charge in [0.1, 0.15) is 0 Å². The molecule has 6 nitrogen and oxygen atoms in total. The molecule has 1 amide bonds. The van der Waals surface area contributed by atoms with Gasteiger partial charge in [-0.25, -0.2) is 0 Å². The number of carbonyl (C=O) groups is 2. The van der Waals surface area contributed by atoms with Crippen molar-refractivity contribution in [1.82, 2.24) is 15.5 Å². The minimum absolute atomic E-state index is 0.115. The number of Topliss-reactive ketones (excluding diaryl/α,β-unsaturated/α-hetero) is 1. The Kier molecular flexibility index (Phi) is 6.31. The van der Waals surface area contributed by atoms with E-state index in [4.69, 9.17) is 16.1 Å². The Labute approximate surface area is 151 Å². The van der Waals surface area contributed by atoms with Gasteiger partial charge in [0, 0.05) is 36.8 Å². The number of aromatic nitrogens is 2. The second-order valence-corrected chi connectivity index (χ2v) is 7.18. The molecule has 1 heterocycles. The zero-order chi connectivity index (χ0) is 18.4. The second-order valence-electron chi connectivity index (χ2n) is 6.77. The zero-order valence-electron chi connectivity index (χ0n) is 14.6. The van der Waals surface area contributed by atoms with Crippen LogP contribution in [0, 0.1) is 0 Å². The zero-order valence-corrected chi connectivity index (χ0v) is 15.4. The van der Waals surface area contributed by atoms with E-state index in [0.29, 0.717) is 35.3 Å². The van der Waals surface area contributed by atoms with Gasteiger partial charge in [-0.15, -0.1) is 0 Å². The average Bonchev–Trinajstić information content (AvgIpc) is 3.02. The van der Waals surface area contributed by atoms with Crippen molar-refractivity contribution in [1.29, 1.82) is 0 Å². The van der Waals surface area contributed by atoms with Gasteiger partial charge in [-0.3, -0.25) is 9.59 Å². The molecule has 0 saturated carbocycles. The summed E-state index contributed by atoms with van der Waals surface area (Å²) >= 11 is 5.98. The Morgan fingerprint density at radius 1 is 1.20 bits per heavy atom. The monoisotopic (exact) mass is 363 g/mol. The fraction of sp³-hybridized carbons (Fsp3) is 0.444. The minimum Gasteiger partial charge on any atom is -0.356 e. The Hall–Kier alpha value is -2.21. The largest absolute Gasteiger partial charge is 0.356 e. The Bertz CT molecular complexity index is 750. The van der Waals surface area contributed by atoms with Crippen LogP contribution in [-0.4, -0.2) is 28.4 Å². The van der Waals surface area contributed by atoms with Gasteiger partial charge in [-0.1, -0.05) is 49.7 Å². The van der Waals surface area contributed by atoms with Crippen LogP contribution >= 0.6 is 11.6 Å². The highest BCUT2D eigenvalue weighted by molar-refractivity contribution is 6.34. The summed E-state index contributed by atoms with van der Waals surface area (Å²) in [7, 11) is 0. The molecule has 0 aliphatic carbocycles. The first kappa shape index (κ1) is 19.1. The predicted molar refractivity (Wildman–Crippen MR) is 94.7 cm³/mol. The van der Waals surface area contributed by atoms with E-state index in [2.05, 4.69) is 15.5 Å². The number of halogens is 1. The van der Waals surface area contributed by atoms with Gasteiger partial charge in [-0.05, 0) is 12.1 Å². The van der Waals surface area contributed by atoms with E-state index in [1.807, 2.05) is 20.8 Å². The lowest BCUT2D eigenvalue weighted by Crippen LogP contribution is -2.26. The first-order chi connectivity index (χ1) is 11.8. The van der Waals surface area contributed by atoms with Gasteiger partial charge < -0.3 is 9.84 Å². The Balaban J connectivity index is 1.73. The molecular formula is C18H22ClN3O3. The van der Waals surface area contributed by atoms with Gasteiger partial charge in [0.05, 0.1) is 5.02 Å². The molecule has 0 unspecified atom stereocenters. The van der Waals surface area contributed by atoms with Gasteiger partial charge >= 0.3 is 0 Å². The number of rotatable bonds is 7. The molecule has 0 bridgehead atoms. The van der Waals surface area contributed by atoms with E-state index in [1.54, 1.807) is 24.3 Å². The first-order valence-corrected chi connectivity index (χ1v) is 8.52. The van der Waals surface area contributed by atoms with Crippen molar-refractivity contribution in [2.75, 3.05) is 6.54 Å². The summed E-state index contributed by atoms with van der Waals surface area (Å²) in [5, 5.41) is 7.05. The fourth-order valence-corrected chi connectivity index (χ4v) is 2.35. The third-order valence-corrected chi connectivity index (χ3v) is 3.86. The summed E-state index contributed by atoms with van der Waals surface area (Å²) in [4.78, 5) is 28.2. The van der Waals surface area contributed by atoms with Crippen LogP contribution in [0.4, 0.5) is 0 Å². The number of nitrogens with one attached hydrogen (secondary N) is 1. The van der Waals surface area contributed by atoms with Gasteiger partial charge in [0.25, 0.3) is 0 Å². The van der Waals surface area contributed by atoms with Gasteiger partial charge in [0.2, 0.25) is 11.8 Å². The lowest BCUT2D eigenvalue weighted by atomic mass is 9.97. The molecule has 2 rings (SSSR count). The third kappa shape index (κ3) is 5.67. The van der Waals surface area contributed by atoms with Crippen molar-refractivity contribution in [3.63, 3.8) is 0 Å². The molecule has 25 heavy (non-hydrogen) atoms. The van der Waals surface area contributed by atoms with E-state index < -0.39 is 0 Å². The number of hydrogen-bond acceptors (Lipinski definition) is 5. The number of nitrogens with zero attached hydrogens (tertiary/aromatic N) is 2. The summed E-state index contributed by atoms with van der Waals surface area (Å²) in [6.45, 7) is 6.36. The van der Waals surface area contributed by atoms with Crippen molar-refractivity contribution in [3.8, 4) is 0 Å². The number of hydrogen-bond donors (Lipinski definition) is 1. The van der Waals surface area contributed by atoms with Crippen molar-refractivity contribution in [2.45, 2.75) is 45.4 Å². The van der Waals surface area contributed by atoms with E-state index in [9.17, 15) is 9.59 Å². The van der Waals surface area contributed by atoms with Crippen molar-refractivity contribution < 1.29 is 14.1 Å². The average molecular weight is 364 g/mol. The second kappa shape index (κ2) is 8.25. The lowest BCUT2D eigenvalue weighted by molar-refractivity contribution is -0.121. The molecule has 0 fully saturated rings. The van der Waals surface area contributed by atoms with E-state index >= 15 is 0 Å². The van der Waals surface area contributed by atoms with E-state index in [-0.39, 0.29) is 29.9 Å². The van der Waals surface area contributed by atoms with Crippen molar-refractivity contribution >= 4 is 23.3 Å². The molecule has 134 valence electrons. The molecule has 0 radical (unpaired) electrons. The lowest BCUT2D eigenvalue weighted by Gasteiger charge is -2.10. The first-order valence-electron chi connectivity index (χ1n) is 8.15. The third-order valence-electron chi connectivity index (χ3n) is 3.53. The molecular weight excluding hydrogens is 342 g/mol. The summed E-state index contributed by atoms with van der Waals surface area (Å²) in [5.74, 6) is 0.783. The van der Waals surface area contributed by atoms with Crippen LogP contribution in [0.15, 0.2) is 28.8 Å². The van der Waals surface area contributed by atoms with Crippen LogP contribution in [0.25, 0.3) is 0 Å². The molecule has 7 heteroatoms. The molecule has 0 aliphatic heterocycles. The van der Waals surface area contributed by atoms with E-state index in [1.165, 1.54) is 0 Å². The normalized spacial score (nSPS) is 11.4. The molecule has 2 aromatic rings. The molecule has 1 N–H and O–H groups in total. The van der Waals surface area contributed by atoms with Crippen LogP contribution in [0.5, 0.6) is 0 Å². The standard InChI is InChI=1S/C18H22ClN3O3/c1-18(2,3)17-21-15(22-25-17)10-11-20-16(24)9-8-14(23)12-6-4-5-7-13(12)19/h4-7H,8-11H2,1-3H3,(H,20,24). The predicted octanol–water partition coefficient (Wildman–Crippen LogP) is 3.34. The van der Waals surface area contributed by atoms with Crippen LogP contribution in [0.1, 0.15) is 55.7 Å². The van der Waals surface area contributed by atoms with Crippen molar-refractivity contribution in [2.24, 2.45) is 0 Å². The molecule has 0 spiro atoms. The molecule has 1 aromatic heterocycles. The number of carbonyl (C=O) groups excluding carboxylic acids is 2. The summed E-state index contributed by atoms with van der Waals surface area (Å²) in [6.07, 6.45) is 0.708. The fourth-order valence-electron chi connectivity index (χ4n) is 2.11. The SMILES string of the molecule is CC(C)(C)c1nc(CCNC(=O)CCC(=O)c2ccccc2Cl)no1. The highest BCUT2D eigenvalue weighted by Crippen LogP contribution is 2.19. The Morgan fingerprint density at radius 2 is 1.92 bits per heavy atom.